The van der Waals surface area contributed by atoms with Gasteiger partial charge in [0.2, 0.25) is 0 Å². The lowest BCUT2D eigenvalue weighted by atomic mass is 10.0. The van der Waals surface area contributed by atoms with E-state index in [0.29, 0.717) is 5.75 Å². The van der Waals surface area contributed by atoms with Gasteiger partial charge in [-0.25, -0.2) is 0 Å². The molecule has 1 aromatic heterocycles. The molecule has 0 unspecified atom stereocenters. The maximum absolute atomic E-state index is 10.4. The Morgan fingerprint density at radius 1 is 1.04 bits per heavy atom. The van der Waals surface area contributed by atoms with Crippen LogP contribution in [-0.4, -0.2) is 36.3 Å². The standard InChI is InChI=1S/C21H21NO2S3/c1-14-2-4-15(5-3-14)20-19(21(25)27-26-20)16-6-7-18(23)17(12-16)13-22-8-10-24-11-9-22/h2-7,12,23H,8-11,13H2,1H3. The Bertz CT molecular complexity index is 985. The van der Waals surface area contributed by atoms with Gasteiger partial charge in [0.1, 0.15) is 9.57 Å². The molecule has 0 saturated carbocycles. The van der Waals surface area contributed by atoms with Crippen molar-refractivity contribution in [3.63, 3.8) is 0 Å². The van der Waals surface area contributed by atoms with Gasteiger partial charge in [-0.3, -0.25) is 4.90 Å². The van der Waals surface area contributed by atoms with Crippen molar-refractivity contribution in [3.8, 4) is 27.3 Å². The summed E-state index contributed by atoms with van der Waals surface area (Å²) in [5.41, 5.74) is 5.56. The summed E-state index contributed by atoms with van der Waals surface area (Å²) in [5.74, 6) is 0.340. The number of phenolic OH excluding ortho intramolecular Hbond substituents is 1. The van der Waals surface area contributed by atoms with E-state index in [9.17, 15) is 5.11 Å². The van der Waals surface area contributed by atoms with Crippen LogP contribution in [0.3, 0.4) is 0 Å². The molecule has 3 nitrogen and oxygen atoms in total. The van der Waals surface area contributed by atoms with Crippen molar-refractivity contribution in [2.24, 2.45) is 0 Å². The summed E-state index contributed by atoms with van der Waals surface area (Å²) in [4.78, 5) is 3.52. The summed E-state index contributed by atoms with van der Waals surface area (Å²) in [6, 6.07) is 14.4. The second kappa shape index (κ2) is 8.20. The van der Waals surface area contributed by atoms with E-state index in [0.717, 1.165) is 53.4 Å². The first kappa shape index (κ1) is 18.8. The number of aryl methyl sites for hydroxylation is 1. The fourth-order valence-electron chi connectivity index (χ4n) is 3.27. The monoisotopic (exact) mass is 415 g/mol. The molecule has 6 heteroatoms. The minimum atomic E-state index is 0.340. The molecule has 3 aromatic rings. The maximum Gasteiger partial charge on any atom is 0.120 e. The van der Waals surface area contributed by atoms with E-state index in [1.165, 1.54) is 16.0 Å². The van der Waals surface area contributed by atoms with Gasteiger partial charge >= 0.3 is 0 Å². The summed E-state index contributed by atoms with van der Waals surface area (Å²) in [6.07, 6.45) is 0. The average molecular weight is 416 g/mol. The second-order valence-electron chi connectivity index (χ2n) is 6.76. The number of hydrogen-bond acceptors (Lipinski definition) is 6. The zero-order valence-electron chi connectivity index (χ0n) is 15.1. The van der Waals surface area contributed by atoms with Crippen LogP contribution in [0.25, 0.3) is 21.6 Å². The number of hydrogen-bond donors (Lipinski definition) is 1. The third-order valence-electron chi connectivity index (χ3n) is 4.81. The fraction of sp³-hybridized carbons (Fsp3) is 0.286. The van der Waals surface area contributed by atoms with E-state index >= 15 is 0 Å². The van der Waals surface area contributed by atoms with Gasteiger partial charge in [0.05, 0.1) is 18.1 Å². The molecule has 0 spiro atoms. The molecular weight excluding hydrogens is 394 g/mol. The van der Waals surface area contributed by atoms with Crippen molar-refractivity contribution < 1.29 is 9.84 Å². The highest BCUT2D eigenvalue weighted by Crippen LogP contribution is 2.42. The normalized spacial score (nSPS) is 15.1. The van der Waals surface area contributed by atoms with E-state index in [1.807, 2.05) is 6.07 Å². The van der Waals surface area contributed by atoms with E-state index in [1.54, 1.807) is 26.7 Å². The van der Waals surface area contributed by atoms with Gasteiger partial charge < -0.3 is 9.84 Å². The van der Waals surface area contributed by atoms with E-state index in [2.05, 4.69) is 42.2 Å². The van der Waals surface area contributed by atoms with Crippen LogP contribution in [0.2, 0.25) is 0 Å². The van der Waals surface area contributed by atoms with Crippen molar-refractivity contribution >= 4 is 32.9 Å². The Morgan fingerprint density at radius 2 is 1.74 bits per heavy atom. The van der Waals surface area contributed by atoms with Gasteiger partial charge in [-0.15, -0.1) is 0 Å². The van der Waals surface area contributed by atoms with E-state index in [-0.39, 0.29) is 0 Å². The molecule has 1 aliphatic rings. The first-order valence-corrected chi connectivity index (χ1v) is 11.5. The molecule has 1 fully saturated rings. The van der Waals surface area contributed by atoms with Crippen LogP contribution >= 0.6 is 32.9 Å². The molecular formula is C21H21NO2S3. The number of phenols is 1. The Balaban J connectivity index is 1.71. The van der Waals surface area contributed by atoms with Crippen LogP contribution in [0, 0.1) is 10.7 Å². The Hall–Kier alpha value is -1.57. The van der Waals surface area contributed by atoms with Crippen LogP contribution in [-0.2, 0) is 11.3 Å². The molecule has 4 rings (SSSR count). The molecule has 140 valence electrons. The minimum Gasteiger partial charge on any atom is -0.508 e. The molecule has 0 bridgehead atoms. The first-order chi connectivity index (χ1) is 13.1. The van der Waals surface area contributed by atoms with Crippen molar-refractivity contribution in [1.82, 2.24) is 4.90 Å². The number of nitrogens with zero attached hydrogens (tertiary/aromatic N) is 1. The molecule has 1 saturated heterocycles. The number of aromatic hydroxyl groups is 1. The van der Waals surface area contributed by atoms with Gasteiger partial charge in [0.15, 0.2) is 0 Å². The van der Waals surface area contributed by atoms with Gasteiger partial charge in [-0.05, 0) is 30.2 Å². The summed E-state index contributed by atoms with van der Waals surface area (Å²) in [5, 5.41) is 10.4. The van der Waals surface area contributed by atoms with Gasteiger partial charge in [0.25, 0.3) is 0 Å². The smallest absolute Gasteiger partial charge is 0.120 e. The Kier molecular flexibility index (Phi) is 5.71. The van der Waals surface area contributed by atoms with Crippen LogP contribution < -0.4 is 0 Å². The SMILES string of the molecule is Cc1ccc(-c2ssc(=S)c2-c2ccc(O)c(CN3CCOCC3)c2)cc1. The van der Waals surface area contributed by atoms with E-state index < -0.39 is 0 Å². The number of morpholine rings is 1. The number of rotatable bonds is 4. The fourth-order valence-corrected chi connectivity index (χ4v) is 6.19. The first-order valence-electron chi connectivity index (χ1n) is 8.94. The molecule has 1 aliphatic heterocycles. The Labute approximate surface area is 171 Å². The summed E-state index contributed by atoms with van der Waals surface area (Å²) in [7, 11) is 3.36. The predicted molar refractivity (Wildman–Crippen MR) is 116 cm³/mol. The van der Waals surface area contributed by atoms with Crippen LogP contribution in [0.5, 0.6) is 5.75 Å². The lowest BCUT2D eigenvalue weighted by molar-refractivity contribution is 0.0339. The van der Waals surface area contributed by atoms with Crippen LogP contribution in [0.4, 0.5) is 0 Å². The largest absolute Gasteiger partial charge is 0.508 e. The molecule has 2 aromatic carbocycles. The quantitative estimate of drug-likeness (QED) is 0.436. The average Bonchev–Trinajstić information content (AvgIpc) is 3.06. The van der Waals surface area contributed by atoms with Crippen LogP contribution in [0.15, 0.2) is 42.5 Å². The molecule has 0 radical (unpaired) electrons. The summed E-state index contributed by atoms with van der Waals surface area (Å²) >= 11 is 5.66. The maximum atomic E-state index is 10.4. The van der Waals surface area contributed by atoms with Crippen molar-refractivity contribution in [2.45, 2.75) is 13.5 Å². The van der Waals surface area contributed by atoms with Gasteiger partial charge in [0, 0.05) is 30.8 Å². The molecule has 0 aliphatic carbocycles. The highest BCUT2D eigenvalue weighted by molar-refractivity contribution is 7.80. The second-order valence-corrected chi connectivity index (χ2v) is 9.57. The lowest BCUT2D eigenvalue weighted by Crippen LogP contribution is -2.35. The zero-order valence-corrected chi connectivity index (χ0v) is 17.6. The van der Waals surface area contributed by atoms with Crippen molar-refractivity contribution in [1.29, 1.82) is 0 Å². The van der Waals surface area contributed by atoms with Gasteiger partial charge in [-0.1, -0.05) is 68.8 Å². The van der Waals surface area contributed by atoms with Crippen molar-refractivity contribution in [3.05, 3.63) is 57.4 Å². The molecule has 0 atom stereocenters. The topological polar surface area (TPSA) is 32.7 Å². The molecule has 2 heterocycles. The third-order valence-corrected chi connectivity index (χ3v) is 7.88. The van der Waals surface area contributed by atoms with Gasteiger partial charge in [-0.2, -0.15) is 0 Å². The number of benzene rings is 2. The van der Waals surface area contributed by atoms with Crippen molar-refractivity contribution in [2.75, 3.05) is 26.3 Å². The van der Waals surface area contributed by atoms with Crippen LogP contribution in [0.1, 0.15) is 11.1 Å². The third kappa shape index (κ3) is 4.15. The highest BCUT2D eigenvalue weighted by Gasteiger charge is 2.17. The van der Waals surface area contributed by atoms with E-state index in [4.69, 9.17) is 17.0 Å². The molecule has 27 heavy (non-hydrogen) atoms. The number of ether oxygens (including phenoxy) is 1. The zero-order chi connectivity index (χ0) is 18.8. The molecule has 0 amide bonds. The highest BCUT2D eigenvalue weighted by atomic mass is 32.9. The summed E-state index contributed by atoms with van der Waals surface area (Å²) in [6.45, 7) is 6.11. The molecule has 1 N–H and O–H groups in total. The summed E-state index contributed by atoms with van der Waals surface area (Å²) < 4.78 is 6.33. The predicted octanol–water partition coefficient (Wildman–Crippen LogP) is 5.72. The minimum absolute atomic E-state index is 0.340. The lowest BCUT2D eigenvalue weighted by Gasteiger charge is -2.27. The Morgan fingerprint density at radius 3 is 2.48 bits per heavy atom.